The van der Waals surface area contributed by atoms with Gasteiger partial charge in [-0.3, -0.25) is 0 Å². The molecule has 0 aliphatic carbocycles. The number of rotatable bonds is 5. The Morgan fingerprint density at radius 3 is 1.78 bits per heavy atom. The lowest BCUT2D eigenvalue weighted by molar-refractivity contribution is 0.911. The van der Waals surface area contributed by atoms with E-state index < -0.39 is 0 Å². The molecular weight excluding hydrogens is 661 g/mol. The Bertz CT molecular complexity index is 3160. The lowest BCUT2D eigenvalue weighted by Gasteiger charge is -2.10. The summed E-state index contributed by atoms with van der Waals surface area (Å²) < 4.78 is 2.03. The number of H-pyrrole nitrogens is 1. The molecule has 0 saturated heterocycles. The molecule has 11 aromatic rings. The fourth-order valence-electron chi connectivity index (χ4n) is 7.81. The molecule has 1 N–H and O–H groups in total. The van der Waals surface area contributed by atoms with Gasteiger partial charge >= 0.3 is 0 Å². The summed E-state index contributed by atoms with van der Waals surface area (Å²) in [6, 6.07) is 59.1. The summed E-state index contributed by atoms with van der Waals surface area (Å²) in [6.07, 6.45) is 1.97. The summed E-state index contributed by atoms with van der Waals surface area (Å²) in [4.78, 5) is 18.5. The van der Waals surface area contributed by atoms with Gasteiger partial charge in [0.2, 0.25) is 0 Å². The molecule has 0 atom stereocenters. The van der Waals surface area contributed by atoms with Crippen molar-refractivity contribution in [2.45, 2.75) is 0 Å². The quantitative estimate of drug-likeness (QED) is 0.182. The third-order valence-corrected chi connectivity index (χ3v) is 10.4. The Morgan fingerprint density at radius 1 is 0.389 bits per heavy atom. The molecule has 0 spiro atoms. The van der Waals surface area contributed by atoms with Crippen LogP contribution in [-0.2, 0) is 0 Å². The van der Waals surface area contributed by atoms with Crippen LogP contribution in [0, 0.1) is 0 Å². The highest BCUT2D eigenvalue weighted by molar-refractivity contribution is 6.28. The lowest BCUT2D eigenvalue weighted by atomic mass is 9.97. The van der Waals surface area contributed by atoms with Gasteiger partial charge in [-0.2, -0.15) is 5.10 Å². The highest BCUT2D eigenvalue weighted by atomic mass is 15.3. The van der Waals surface area contributed by atoms with E-state index >= 15 is 0 Å². The normalized spacial score (nSPS) is 11.7. The van der Waals surface area contributed by atoms with Crippen molar-refractivity contribution in [3.05, 3.63) is 176 Å². The maximum absolute atomic E-state index is 4.96. The highest BCUT2D eigenvalue weighted by Crippen LogP contribution is 2.38. The van der Waals surface area contributed by atoms with Gasteiger partial charge in [0.15, 0.2) is 17.5 Å². The molecule has 0 unspecified atom stereocenters. The summed E-state index contributed by atoms with van der Waals surface area (Å²) in [5.41, 5.74) is 9.19. The molecule has 6 heteroatoms. The molecule has 252 valence electrons. The Labute approximate surface area is 310 Å². The van der Waals surface area contributed by atoms with Gasteiger partial charge in [-0.1, -0.05) is 133 Å². The van der Waals surface area contributed by atoms with Crippen LogP contribution in [0.4, 0.5) is 0 Å². The van der Waals surface area contributed by atoms with Gasteiger partial charge in [-0.05, 0) is 69.1 Å². The summed E-state index contributed by atoms with van der Waals surface area (Å²) >= 11 is 0. The standard InChI is InChI=1S/C48H30N6/c1-3-12-32(13-4-1)46-51-47(33-14-5-2-6-15-33)53-48(52-46)36-18-9-16-34(25-36)35-17-10-19-38(26-35)54-43-28-42-40(27-37(43)29-49-54)45-41(50-42)24-23-31-22-21-30-11-7-8-20-39(30)44(31)45/h1-29,50H. The third kappa shape index (κ3) is 4.96. The van der Waals surface area contributed by atoms with Gasteiger partial charge in [0.05, 0.1) is 17.4 Å². The maximum atomic E-state index is 4.96. The van der Waals surface area contributed by atoms with Gasteiger partial charge in [-0.25, -0.2) is 19.6 Å². The van der Waals surface area contributed by atoms with E-state index in [9.17, 15) is 0 Å². The fourth-order valence-corrected chi connectivity index (χ4v) is 7.81. The predicted octanol–water partition coefficient (Wildman–Crippen LogP) is 11.8. The first-order valence-electron chi connectivity index (χ1n) is 18.1. The van der Waals surface area contributed by atoms with Gasteiger partial charge in [0, 0.05) is 43.9 Å². The third-order valence-electron chi connectivity index (χ3n) is 10.4. The maximum Gasteiger partial charge on any atom is 0.164 e. The molecule has 0 saturated carbocycles. The van der Waals surface area contributed by atoms with Crippen LogP contribution in [0.2, 0.25) is 0 Å². The number of nitrogens with one attached hydrogen (secondary N) is 1. The SMILES string of the molecule is c1ccc(-c2nc(-c3ccccc3)nc(-c3cccc(-c4cccc(-n5ncc6cc7c(cc65)[nH]c5ccc6ccc8ccccc8c6c57)c4)c3)n2)cc1. The molecule has 6 nitrogen and oxygen atoms in total. The average molecular weight is 691 g/mol. The molecule has 54 heavy (non-hydrogen) atoms. The van der Waals surface area contributed by atoms with Crippen molar-refractivity contribution in [1.29, 1.82) is 0 Å². The molecule has 8 aromatic carbocycles. The zero-order valence-corrected chi connectivity index (χ0v) is 29.0. The second-order valence-electron chi connectivity index (χ2n) is 13.7. The van der Waals surface area contributed by atoms with E-state index in [0.717, 1.165) is 55.4 Å². The van der Waals surface area contributed by atoms with Gasteiger partial charge < -0.3 is 4.98 Å². The molecule has 0 fully saturated rings. The minimum atomic E-state index is 0.627. The highest BCUT2D eigenvalue weighted by Gasteiger charge is 2.16. The summed E-state index contributed by atoms with van der Waals surface area (Å²) in [6.45, 7) is 0. The number of benzene rings is 8. The predicted molar refractivity (Wildman–Crippen MR) is 221 cm³/mol. The van der Waals surface area contributed by atoms with Gasteiger partial charge in [-0.15, -0.1) is 0 Å². The van der Waals surface area contributed by atoms with E-state index in [0.29, 0.717) is 17.5 Å². The van der Waals surface area contributed by atoms with Crippen LogP contribution in [0.3, 0.4) is 0 Å². The van der Waals surface area contributed by atoms with Crippen LogP contribution in [0.15, 0.2) is 176 Å². The summed E-state index contributed by atoms with van der Waals surface area (Å²) in [7, 11) is 0. The Morgan fingerprint density at radius 2 is 1.00 bits per heavy atom. The first-order valence-corrected chi connectivity index (χ1v) is 18.1. The largest absolute Gasteiger partial charge is 0.354 e. The second kappa shape index (κ2) is 12.1. The van der Waals surface area contributed by atoms with E-state index in [-0.39, 0.29) is 0 Å². The zero-order valence-electron chi connectivity index (χ0n) is 29.0. The molecule has 0 radical (unpaired) electrons. The molecule has 0 bridgehead atoms. The van der Waals surface area contributed by atoms with Crippen molar-refractivity contribution in [2.75, 3.05) is 0 Å². The van der Waals surface area contributed by atoms with Crippen LogP contribution < -0.4 is 0 Å². The molecule has 0 aliphatic rings. The van der Waals surface area contributed by atoms with E-state index in [1.54, 1.807) is 0 Å². The molecule has 0 amide bonds. The van der Waals surface area contributed by atoms with Crippen molar-refractivity contribution < 1.29 is 0 Å². The number of aromatic nitrogens is 6. The van der Waals surface area contributed by atoms with Crippen LogP contribution >= 0.6 is 0 Å². The van der Waals surface area contributed by atoms with Crippen molar-refractivity contribution in [3.63, 3.8) is 0 Å². The number of fused-ring (bicyclic) bond motifs is 8. The Hall–Kier alpha value is -7.44. The van der Waals surface area contributed by atoms with Crippen LogP contribution in [0.1, 0.15) is 0 Å². The van der Waals surface area contributed by atoms with Crippen molar-refractivity contribution in [1.82, 2.24) is 29.7 Å². The topological polar surface area (TPSA) is 72.3 Å². The molecule has 0 aliphatic heterocycles. The zero-order chi connectivity index (χ0) is 35.6. The van der Waals surface area contributed by atoms with E-state index in [1.165, 1.54) is 32.3 Å². The number of hydrogen-bond donors (Lipinski definition) is 1. The molecular formula is C48H30N6. The van der Waals surface area contributed by atoms with E-state index in [1.807, 2.05) is 71.5 Å². The van der Waals surface area contributed by atoms with Crippen LogP contribution in [0.5, 0.6) is 0 Å². The van der Waals surface area contributed by atoms with Crippen LogP contribution in [-0.4, -0.2) is 29.7 Å². The average Bonchev–Trinajstić information content (AvgIpc) is 3.84. The fraction of sp³-hybridized carbons (Fsp3) is 0. The first-order chi connectivity index (χ1) is 26.7. The minimum Gasteiger partial charge on any atom is -0.354 e. The molecule has 3 aromatic heterocycles. The summed E-state index contributed by atoms with van der Waals surface area (Å²) in [5, 5.41) is 13.5. The first kappa shape index (κ1) is 30.2. The van der Waals surface area contributed by atoms with Gasteiger partial charge in [0.25, 0.3) is 0 Å². The number of nitrogens with zero attached hydrogens (tertiary/aromatic N) is 5. The van der Waals surface area contributed by atoms with Crippen molar-refractivity contribution >= 4 is 54.3 Å². The Balaban J connectivity index is 1.00. The number of aromatic amines is 1. The van der Waals surface area contributed by atoms with Gasteiger partial charge in [0.1, 0.15) is 0 Å². The smallest absolute Gasteiger partial charge is 0.164 e. The molecule has 11 rings (SSSR count). The summed E-state index contributed by atoms with van der Waals surface area (Å²) in [5.74, 6) is 1.91. The Kier molecular flexibility index (Phi) is 6.75. The van der Waals surface area contributed by atoms with Crippen molar-refractivity contribution in [2.24, 2.45) is 0 Å². The number of hydrogen-bond acceptors (Lipinski definition) is 4. The lowest BCUT2D eigenvalue weighted by Crippen LogP contribution is -2.00. The van der Waals surface area contributed by atoms with Crippen LogP contribution in [0.25, 0.3) is 105 Å². The molecule has 3 heterocycles. The monoisotopic (exact) mass is 690 g/mol. The van der Waals surface area contributed by atoms with E-state index in [4.69, 9.17) is 20.1 Å². The minimum absolute atomic E-state index is 0.627. The van der Waals surface area contributed by atoms with Crippen molar-refractivity contribution in [3.8, 4) is 51.0 Å². The van der Waals surface area contributed by atoms with E-state index in [2.05, 4.69) is 114 Å². The second-order valence-corrected chi connectivity index (χ2v) is 13.7.